The van der Waals surface area contributed by atoms with Gasteiger partial charge in [0.1, 0.15) is 5.54 Å². The Labute approximate surface area is 160 Å². The lowest BCUT2D eigenvalue weighted by molar-refractivity contribution is -0.138. The number of likely N-dealkylation sites (tertiary alicyclic amines) is 1. The highest BCUT2D eigenvalue weighted by molar-refractivity contribution is 5.90. The highest BCUT2D eigenvalue weighted by Crippen LogP contribution is 2.56. The van der Waals surface area contributed by atoms with Crippen molar-refractivity contribution in [2.45, 2.75) is 49.7 Å². The van der Waals surface area contributed by atoms with Crippen LogP contribution in [0.25, 0.3) is 0 Å². The van der Waals surface area contributed by atoms with Crippen LogP contribution in [0.3, 0.4) is 0 Å². The Morgan fingerprint density at radius 3 is 2.63 bits per heavy atom. The van der Waals surface area contributed by atoms with Crippen LogP contribution in [0.2, 0.25) is 0 Å². The molecule has 1 spiro atoms. The van der Waals surface area contributed by atoms with E-state index in [0.717, 1.165) is 45.2 Å². The fourth-order valence-electron chi connectivity index (χ4n) is 6.49. The molecule has 3 saturated heterocycles. The van der Waals surface area contributed by atoms with Crippen molar-refractivity contribution < 1.29 is 4.79 Å². The number of carbonyl (C=O) groups is 1. The molecule has 4 nitrogen and oxygen atoms in total. The van der Waals surface area contributed by atoms with Crippen molar-refractivity contribution in [3.05, 3.63) is 65.5 Å². The Bertz CT molecular complexity index is 873. The number of nitrogens with zero attached hydrogens (tertiary/aromatic N) is 3. The maximum atomic E-state index is 13.8. The summed E-state index contributed by atoms with van der Waals surface area (Å²) in [7, 11) is 0. The standard InChI is InChI=1S/C23H25N3O/c27-22-23-8-4-10-26(23)21(18-7-3-9-24-14-18)13-19(23)15-25(22)20-11-16-5-1-2-6-17(16)12-20/h1-3,5-7,9,14,19-21H,4,8,10-13,15H2/t19-,21-,23-/m0/s1. The minimum atomic E-state index is -0.241. The fourth-order valence-corrected chi connectivity index (χ4v) is 6.49. The lowest BCUT2D eigenvalue weighted by Gasteiger charge is -2.35. The number of aromatic nitrogens is 1. The lowest BCUT2D eigenvalue weighted by Crippen LogP contribution is -2.51. The first-order chi connectivity index (χ1) is 13.3. The van der Waals surface area contributed by atoms with Crippen LogP contribution in [-0.4, -0.2) is 45.4 Å². The van der Waals surface area contributed by atoms with Gasteiger partial charge in [0.15, 0.2) is 0 Å². The van der Waals surface area contributed by atoms with Gasteiger partial charge in [0.2, 0.25) is 5.91 Å². The second kappa shape index (κ2) is 5.65. The molecule has 2 aromatic rings. The second-order valence-electron chi connectivity index (χ2n) is 8.74. The number of benzene rings is 1. The first kappa shape index (κ1) is 15.8. The van der Waals surface area contributed by atoms with E-state index >= 15 is 0 Å². The molecule has 0 radical (unpaired) electrons. The number of amides is 1. The van der Waals surface area contributed by atoms with Gasteiger partial charge in [0.25, 0.3) is 0 Å². The van der Waals surface area contributed by atoms with Gasteiger partial charge in [0, 0.05) is 36.9 Å². The molecule has 4 aliphatic rings. The third kappa shape index (κ3) is 2.08. The third-order valence-electron chi connectivity index (χ3n) is 7.62. The maximum Gasteiger partial charge on any atom is 0.243 e. The van der Waals surface area contributed by atoms with Crippen LogP contribution in [-0.2, 0) is 17.6 Å². The predicted octanol–water partition coefficient (Wildman–Crippen LogP) is 2.99. The van der Waals surface area contributed by atoms with Gasteiger partial charge in [-0.3, -0.25) is 14.7 Å². The van der Waals surface area contributed by atoms with E-state index in [-0.39, 0.29) is 5.54 Å². The van der Waals surface area contributed by atoms with Gasteiger partial charge < -0.3 is 4.90 Å². The highest BCUT2D eigenvalue weighted by atomic mass is 16.2. The smallest absolute Gasteiger partial charge is 0.243 e. The van der Waals surface area contributed by atoms with E-state index in [9.17, 15) is 4.79 Å². The first-order valence-corrected chi connectivity index (χ1v) is 10.3. The van der Waals surface area contributed by atoms with Crippen molar-refractivity contribution in [3.8, 4) is 0 Å². The van der Waals surface area contributed by atoms with Crippen molar-refractivity contribution in [1.82, 2.24) is 14.8 Å². The molecule has 0 N–H and O–H groups in total. The monoisotopic (exact) mass is 359 g/mol. The maximum absolute atomic E-state index is 13.8. The summed E-state index contributed by atoms with van der Waals surface area (Å²) in [6.07, 6.45) is 9.14. The summed E-state index contributed by atoms with van der Waals surface area (Å²) in [5.74, 6) is 0.871. The summed E-state index contributed by atoms with van der Waals surface area (Å²) >= 11 is 0. The van der Waals surface area contributed by atoms with E-state index in [2.05, 4.69) is 45.1 Å². The Hall–Kier alpha value is -2.20. The van der Waals surface area contributed by atoms with E-state index in [1.54, 1.807) is 0 Å². The van der Waals surface area contributed by atoms with Crippen LogP contribution >= 0.6 is 0 Å². The zero-order valence-electron chi connectivity index (χ0n) is 15.6. The SMILES string of the molecule is O=C1N(C2Cc3ccccc3C2)C[C@@H]2C[C@@H](c3cccnc3)N3CCC[C@@]123. The number of hydrogen-bond donors (Lipinski definition) is 0. The molecule has 3 atom stereocenters. The van der Waals surface area contributed by atoms with Gasteiger partial charge in [-0.2, -0.15) is 0 Å². The number of fused-ring (bicyclic) bond motifs is 1. The molecule has 4 heterocycles. The van der Waals surface area contributed by atoms with Crippen LogP contribution in [0, 0.1) is 5.92 Å². The molecule has 1 amide bonds. The lowest BCUT2D eigenvalue weighted by atomic mass is 9.85. The molecule has 6 rings (SSSR count). The number of carbonyl (C=O) groups excluding carboxylic acids is 1. The molecule has 1 aliphatic carbocycles. The van der Waals surface area contributed by atoms with Gasteiger partial charge in [-0.1, -0.05) is 30.3 Å². The summed E-state index contributed by atoms with van der Waals surface area (Å²) in [5.41, 5.74) is 3.90. The zero-order valence-corrected chi connectivity index (χ0v) is 15.6. The van der Waals surface area contributed by atoms with E-state index in [1.807, 2.05) is 18.5 Å². The topological polar surface area (TPSA) is 36.4 Å². The quantitative estimate of drug-likeness (QED) is 0.827. The number of pyridine rings is 1. The van der Waals surface area contributed by atoms with Gasteiger partial charge in [-0.05, 0) is 61.4 Å². The molecular weight excluding hydrogens is 334 g/mol. The van der Waals surface area contributed by atoms with Crippen LogP contribution in [0.1, 0.15) is 42.0 Å². The average molecular weight is 359 g/mol. The molecule has 3 fully saturated rings. The number of hydrogen-bond acceptors (Lipinski definition) is 3. The van der Waals surface area contributed by atoms with Crippen molar-refractivity contribution in [1.29, 1.82) is 0 Å². The molecule has 1 aromatic heterocycles. The molecule has 0 bridgehead atoms. The molecule has 3 aliphatic heterocycles. The van der Waals surface area contributed by atoms with E-state index in [4.69, 9.17) is 0 Å². The van der Waals surface area contributed by atoms with Gasteiger partial charge >= 0.3 is 0 Å². The van der Waals surface area contributed by atoms with Crippen molar-refractivity contribution >= 4 is 5.91 Å². The molecule has 4 heteroatoms. The predicted molar refractivity (Wildman–Crippen MR) is 103 cm³/mol. The third-order valence-corrected chi connectivity index (χ3v) is 7.62. The summed E-state index contributed by atoms with van der Waals surface area (Å²) in [6.45, 7) is 1.98. The fraction of sp³-hybridized carbons (Fsp3) is 0.478. The molecule has 27 heavy (non-hydrogen) atoms. The molecule has 138 valence electrons. The molecule has 1 aromatic carbocycles. The minimum Gasteiger partial charge on any atom is -0.337 e. The summed E-state index contributed by atoms with van der Waals surface area (Å²) in [4.78, 5) is 22.9. The number of rotatable bonds is 2. The van der Waals surface area contributed by atoms with Gasteiger partial charge in [-0.15, -0.1) is 0 Å². The van der Waals surface area contributed by atoms with Crippen molar-refractivity contribution in [2.24, 2.45) is 5.92 Å². The Morgan fingerprint density at radius 1 is 1.07 bits per heavy atom. The Morgan fingerprint density at radius 2 is 1.89 bits per heavy atom. The largest absolute Gasteiger partial charge is 0.337 e. The second-order valence-corrected chi connectivity index (χ2v) is 8.74. The molecule has 0 saturated carbocycles. The van der Waals surface area contributed by atoms with E-state index in [0.29, 0.717) is 23.9 Å². The highest BCUT2D eigenvalue weighted by Gasteiger charge is 2.65. The van der Waals surface area contributed by atoms with Gasteiger partial charge in [-0.25, -0.2) is 0 Å². The summed E-state index contributed by atoms with van der Waals surface area (Å²) in [6, 6.07) is 13.6. The van der Waals surface area contributed by atoms with Crippen molar-refractivity contribution in [3.63, 3.8) is 0 Å². The van der Waals surface area contributed by atoms with Crippen LogP contribution in [0.5, 0.6) is 0 Å². The van der Waals surface area contributed by atoms with Crippen LogP contribution in [0.4, 0.5) is 0 Å². The summed E-state index contributed by atoms with van der Waals surface area (Å²) in [5, 5.41) is 0. The Kier molecular flexibility index (Phi) is 3.31. The zero-order chi connectivity index (χ0) is 18.0. The average Bonchev–Trinajstić information content (AvgIpc) is 3.43. The van der Waals surface area contributed by atoms with E-state index in [1.165, 1.54) is 16.7 Å². The van der Waals surface area contributed by atoms with Crippen molar-refractivity contribution in [2.75, 3.05) is 13.1 Å². The summed E-state index contributed by atoms with van der Waals surface area (Å²) < 4.78 is 0. The van der Waals surface area contributed by atoms with Crippen LogP contribution < -0.4 is 0 Å². The molecule has 0 unspecified atom stereocenters. The first-order valence-electron chi connectivity index (χ1n) is 10.3. The Balaban J connectivity index is 1.30. The normalized spacial score (nSPS) is 32.7. The minimum absolute atomic E-state index is 0.241. The van der Waals surface area contributed by atoms with E-state index < -0.39 is 0 Å². The van der Waals surface area contributed by atoms with Gasteiger partial charge in [0.05, 0.1) is 0 Å². The molecular formula is C23H25N3O. The van der Waals surface area contributed by atoms with Crippen LogP contribution in [0.15, 0.2) is 48.8 Å².